The van der Waals surface area contributed by atoms with E-state index in [-0.39, 0.29) is 0 Å². The summed E-state index contributed by atoms with van der Waals surface area (Å²) >= 11 is 0. The van der Waals surface area contributed by atoms with Gasteiger partial charge < -0.3 is 10.8 Å². The Morgan fingerprint density at radius 1 is 1.50 bits per heavy atom. The first-order valence-corrected chi connectivity index (χ1v) is 4.66. The van der Waals surface area contributed by atoms with Gasteiger partial charge in [-0.25, -0.2) is 0 Å². The fourth-order valence-electron chi connectivity index (χ4n) is 1.69. The molecule has 0 heterocycles. The van der Waals surface area contributed by atoms with Gasteiger partial charge >= 0.3 is 5.97 Å². The molecular weight excluding hydrogens is 178 g/mol. The van der Waals surface area contributed by atoms with Crippen LogP contribution in [0.25, 0.3) is 0 Å². The first-order chi connectivity index (χ1) is 6.56. The van der Waals surface area contributed by atoms with Crippen LogP contribution in [0.3, 0.4) is 0 Å². The lowest BCUT2D eigenvalue weighted by molar-refractivity contribution is -0.140. The highest BCUT2D eigenvalue weighted by Gasteiger charge is 2.51. The highest BCUT2D eigenvalue weighted by molar-refractivity contribution is 5.85. The molecule has 0 aliphatic heterocycles. The quantitative estimate of drug-likeness (QED) is 0.699. The number of aryl methyl sites for hydroxylation is 1. The van der Waals surface area contributed by atoms with Crippen LogP contribution in [-0.2, 0) is 10.2 Å². The van der Waals surface area contributed by atoms with Gasteiger partial charge in [0.1, 0.15) is 0 Å². The maximum atomic E-state index is 11.0. The number of carbonyl (C=O) groups is 1. The number of nitrogens with two attached hydrogens (primary N) is 1. The molecular formula is C11H13NO2. The van der Waals surface area contributed by atoms with E-state index in [1.165, 1.54) is 0 Å². The minimum absolute atomic E-state index is 0.637. The topological polar surface area (TPSA) is 63.3 Å². The molecule has 3 heteroatoms. The molecule has 3 nitrogen and oxygen atoms in total. The summed E-state index contributed by atoms with van der Waals surface area (Å²) in [5.41, 5.74) is 7.63. The van der Waals surface area contributed by atoms with E-state index in [1.807, 2.05) is 19.1 Å². The maximum absolute atomic E-state index is 11.0. The van der Waals surface area contributed by atoms with E-state index >= 15 is 0 Å². The first kappa shape index (κ1) is 9.06. The molecule has 14 heavy (non-hydrogen) atoms. The lowest BCUT2D eigenvalue weighted by atomic mass is 9.94. The highest BCUT2D eigenvalue weighted by Crippen LogP contribution is 2.48. The molecule has 0 unspecified atom stereocenters. The molecule has 0 amide bonds. The third kappa shape index (κ3) is 1.16. The highest BCUT2D eigenvalue weighted by atomic mass is 16.4. The second-order valence-corrected chi connectivity index (χ2v) is 3.96. The standard InChI is InChI=1S/C11H13NO2/c1-7-2-3-8(6-9(7)12)11(4-5-11)10(13)14/h2-3,6H,4-5,12H2,1H3,(H,13,14). The minimum Gasteiger partial charge on any atom is -0.481 e. The Hall–Kier alpha value is -1.51. The number of aliphatic carboxylic acids is 1. The van der Waals surface area contributed by atoms with Crippen LogP contribution in [0.2, 0.25) is 0 Å². The Balaban J connectivity index is 2.43. The molecule has 1 fully saturated rings. The maximum Gasteiger partial charge on any atom is 0.314 e. The lowest BCUT2D eigenvalue weighted by Gasteiger charge is -2.11. The van der Waals surface area contributed by atoms with Gasteiger partial charge in [0.15, 0.2) is 0 Å². The van der Waals surface area contributed by atoms with Crippen LogP contribution in [0.5, 0.6) is 0 Å². The van der Waals surface area contributed by atoms with Crippen LogP contribution in [0, 0.1) is 6.92 Å². The smallest absolute Gasteiger partial charge is 0.314 e. The van der Waals surface area contributed by atoms with Gasteiger partial charge in [-0.1, -0.05) is 12.1 Å². The van der Waals surface area contributed by atoms with Crippen molar-refractivity contribution in [3.63, 3.8) is 0 Å². The van der Waals surface area contributed by atoms with Crippen LogP contribution in [0.15, 0.2) is 18.2 Å². The number of hydrogen-bond donors (Lipinski definition) is 2. The second kappa shape index (κ2) is 2.74. The first-order valence-electron chi connectivity index (χ1n) is 4.66. The second-order valence-electron chi connectivity index (χ2n) is 3.96. The van der Waals surface area contributed by atoms with Gasteiger partial charge in [-0.05, 0) is 37.0 Å². The molecule has 0 aromatic heterocycles. The van der Waals surface area contributed by atoms with E-state index in [2.05, 4.69) is 0 Å². The average molecular weight is 191 g/mol. The Bertz CT molecular complexity index is 394. The van der Waals surface area contributed by atoms with Crippen molar-refractivity contribution in [1.29, 1.82) is 0 Å². The summed E-state index contributed by atoms with van der Waals surface area (Å²) in [7, 11) is 0. The summed E-state index contributed by atoms with van der Waals surface area (Å²) in [6.45, 7) is 1.92. The minimum atomic E-state index is -0.735. The van der Waals surface area contributed by atoms with Crippen molar-refractivity contribution in [2.75, 3.05) is 5.73 Å². The molecule has 1 aliphatic carbocycles. The predicted octanol–water partition coefficient (Wildman–Crippen LogP) is 1.69. The van der Waals surface area contributed by atoms with Gasteiger partial charge in [0.25, 0.3) is 0 Å². The van der Waals surface area contributed by atoms with Crippen LogP contribution >= 0.6 is 0 Å². The molecule has 74 valence electrons. The number of rotatable bonds is 2. The van der Waals surface area contributed by atoms with Gasteiger partial charge in [0.05, 0.1) is 5.41 Å². The van der Waals surface area contributed by atoms with Gasteiger partial charge in [-0.2, -0.15) is 0 Å². The van der Waals surface area contributed by atoms with Crippen molar-refractivity contribution in [1.82, 2.24) is 0 Å². The molecule has 3 N–H and O–H groups in total. The van der Waals surface area contributed by atoms with Gasteiger partial charge in [-0.15, -0.1) is 0 Å². The van der Waals surface area contributed by atoms with E-state index in [0.717, 1.165) is 24.0 Å². The van der Waals surface area contributed by atoms with E-state index in [4.69, 9.17) is 10.8 Å². The molecule has 1 aromatic rings. The molecule has 0 atom stereocenters. The lowest BCUT2D eigenvalue weighted by Crippen LogP contribution is -2.19. The zero-order chi connectivity index (χ0) is 10.3. The Morgan fingerprint density at radius 3 is 2.57 bits per heavy atom. The average Bonchev–Trinajstić information content (AvgIpc) is 2.90. The van der Waals surface area contributed by atoms with Gasteiger partial charge in [0, 0.05) is 5.69 Å². The van der Waals surface area contributed by atoms with E-state index < -0.39 is 11.4 Å². The van der Waals surface area contributed by atoms with Crippen molar-refractivity contribution in [3.8, 4) is 0 Å². The monoisotopic (exact) mass is 191 g/mol. The summed E-state index contributed by atoms with van der Waals surface area (Å²) in [4.78, 5) is 11.0. The zero-order valence-corrected chi connectivity index (χ0v) is 8.08. The summed E-state index contributed by atoms with van der Waals surface area (Å²) in [6.07, 6.45) is 1.45. The third-order valence-electron chi connectivity index (χ3n) is 2.99. The summed E-state index contributed by atoms with van der Waals surface area (Å²) in [5.74, 6) is -0.735. The number of carboxylic acid groups (broad SMARTS) is 1. The molecule has 0 saturated heterocycles. The molecule has 2 rings (SSSR count). The summed E-state index contributed by atoms with van der Waals surface area (Å²) in [6, 6.07) is 5.54. The molecule has 1 aromatic carbocycles. The van der Waals surface area contributed by atoms with E-state index in [1.54, 1.807) is 6.07 Å². The van der Waals surface area contributed by atoms with Crippen molar-refractivity contribution >= 4 is 11.7 Å². The molecule has 1 aliphatic rings. The van der Waals surface area contributed by atoms with Gasteiger partial charge in [0.2, 0.25) is 0 Å². The molecule has 0 radical (unpaired) electrons. The van der Waals surface area contributed by atoms with Crippen LogP contribution in [0.4, 0.5) is 5.69 Å². The van der Waals surface area contributed by atoms with Crippen molar-refractivity contribution in [2.24, 2.45) is 0 Å². The Kier molecular flexibility index (Phi) is 1.77. The zero-order valence-electron chi connectivity index (χ0n) is 8.08. The van der Waals surface area contributed by atoms with Crippen molar-refractivity contribution in [3.05, 3.63) is 29.3 Å². The fourth-order valence-corrected chi connectivity index (χ4v) is 1.69. The largest absolute Gasteiger partial charge is 0.481 e. The number of benzene rings is 1. The fraction of sp³-hybridized carbons (Fsp3) is 0.364. The van der Waals surface area contributed by atoms with Crippen LogP contribution < -0.4 is 5.73 Å². The number of hydrogen-bond acceptors (Lipinski definition) is 2. The van der Waals surface area contributed by atoms with Crippen LogP contribution in [-0.4, -0.2) is 11.1 Å². The van der Waals surface area contributed by atoms with E-state index in [9.17, 15) is 4.79 Å². The SMILES string of the molecule is Cc1ccc(C2(C(=O)O)CC2)cc1N. The number of anilines is 1. The van der Waals surface area contributed by atoms with Crippen LogP contribution in [0.1, 0.15) is 24.0 Å². The molecule has 0 bridgehead atoms. The number of carboxylic acids is 1. The molecule has 0 spiro atoms. The molecule has 1 saturated carbocycles. The normalized spacial score (nSPS) is 17.8. The van der Waals surface area contributed by atoms with Crippen molar-refractivity contribution < 1.29 is 9.90 Å². The Labute approximate surface area is 82.5 Å². The third-order valence-corrected chi connectivity index (χ3v) is 2.99. The van der Waals surface area contributed by atoms with E-state index in [0.29, 0.717) is 5.69 Å². The summed E-state index contributed by atoms with van der Waals surface area (Å²) < 4.78 is 0. The summed E-state index contributed by atoms with van der Waals surface area (Å²) in [5, 5.41) is 9.08. The number of nitrogen functional groups attached to an aromatic ring is 1. The van der Waals surface area contributed by atoms with Gasteiger partial charge in [-0.3, -0.25) is 4.79 Å². The predicted molar refractivity (Wildman–Crippen MR) is 54.1 cm³/mol. The van der Waals surface area contributed by atoms with Crippen molar-refractivity contribution in [2.45, 2.75) is 25.2 Å². The Morgan fingerprint density at radius 2 is 2.14 bits per heavy atom.